The number of hydrogen-bond donors (Lipinski definition) is 1. The monoisotopic (exact) mass is 467 g/mol. The fourth-order valence-electron chi connectivity index (χ4n) is 3.95. The van der Waals surface area contributed by atoms with Gasteiger partial charge in [-0.05, 0) is 23.3 Å². The Balaban J connectivity index is 1.76. The minimum atomic E-state index is -4.05. The summed E-state index contributed by atoms with van der Waals surface area (Å²) in [6.45, 7) is 1.65. The number of carbonyl (C=O) groups excluding carboxylic acids is 2. The Morgan fingerprint density at radius 1 is 1.09 bits per heavy atom. The van der Waals surface area contributed by atoms with Gasteiger partial charge in [0.2, 0.25) is 15.9 Å². The van der Waals surface area contributed by atoms with Gasteiger partial charge in [0.05, 0.1) is 31.3 Å². The van der Waals surface area contributed by atoms with E-state index in [2.05, 4.69) is 10.3 Å². The number of nitrogens with one attached hydrogen (secondary N) is 1. The van der Waals surface area contributed by atoms with Gasteiger partial charge in [0.1, 0.15) is 4.90 Å². The number of rotatable bonds is 6. The molecular formula is C24H25N3O5S. The van der Waals surface area contributed by atoms with Crippen molar-refractivity contribution in [1.29, 1.82) is 0 Å². The van der Waals surface area contributed by atoms with Gasteiger partial charge in [0, 0.05) is 31.5 Å². The Morgan fingerprint density at radius 2 is 1.85 bits per heavy atom. The normalized spacial score (nSPS) is 17.1. The van der Waals surface area contributed by atoms with Crippen LogP contribution in [0.5, 0.6) is 0 Å². The van der Waals surface area contributed by atoms with Gasteiger partial charge in [-0.3, -0.25) is 14.6 Å². The molecule has 33 heavy (non-hydrogen) atoms. The molecular weight excluding hydrogens is 442 g/mol. The van der Waals surface area contributed by atoms with Gasteiger partial charge in [-0.2, -0.15) is 4.31 Å². The molecule has 0 spiro atoms. The average Bonchev–Trinajstić information content (AvgIpc) is 2.79. The Bertz CT molecular complexity index is 1290. The number of Topliss-reactive ketones (excluding diaryl/α,β-unsaturated/α-hetero) is 1. The number of pyridine rings is 1. The lowest BCUT2D eigenvalue weighted by molar-refractivity contribution is -0.124. The molecule has 1 N–H and O–H groups in total. The lowest BCUT2D eigenvalue weighted by Crippen LogP contribution is -2.45. The van der Waals surface area contributed by atoms with Crippen LogP contribution in [0.3, 0.4) is 0 Å². The zero-order valence-corrected chi connectivity index (χ0v) is 19.0. The number of para-hydroxylation sites is 1. The number of benzene rings is 2. The third-order valence-corrected chi connectivity index (χ3v) is 7.53. The number of sulfonamides is 1. The van der Waals surface area contributed by atoms with Crippen LogP contribution in [0, 0.1) is 0 Å². The second kappa shape index (κ2) is 9.78. The van der Waals surface area contributed by atoms with E-state index in [4.69, 9.17) is 4.74 Å². The summed E-state index contributed by atoms with van der Waals surface area (Å²) in [4.78, 5) is 28.2. The van der Waals surface area contributed by atoms with Crippen LogP contribution in [0.1, 0.15) is 24.5 Å². The van der Waals surface area contributed by atoms with Crippen molar-refractivity contribution in [2.75, 3.05) is 13.2 Å². The Labute approximate surface area is 192 Å². The largest absolute Gasteiger partial charge is 0.375 e. The molecule has 0 saturated heterocycles. The molecule has 0 aliphatic carbocycles. The maximum absolute atomic E-state index is 14.0. The lowest BCUT2D eigenvalue weighted by Gasteiger charge is -2.33. The highest BCUT2D eigenvalue weighted by molar-refractivity contribution is 7.89. The zero-order valence-electron chi connectivity index (χ0n) is 18.2. The Hall–Kier alpha value is -3.14. The minimum absolute atomic E-state index is 0.0531. The van der Waals surface area contributed by atoms with E-state index in [1.165, 1.54) is 17.3 Å². The van der Waals surface area contributed by atoms with Crippen molar-refractivity contribution in [3.8, 4) is 0 Å². The van der Waals surface area contributed by atoms with Crippen LogP contribution in [0.2, 0.25) is 0 Å². The number of carbonyl (C=O) groups is 2. The van der Waals surface area contributed by atoms with Gasteiger partial charge < -0.3 is 10.1 Å². The molecule has 4 rings (SSSR count). The van der Waals surface area contributed by atoms with E-state index in [0.29, 0.717) is 17.5 Å². The van der Waals surface area contributed by atoms with E-state index < -0.39 is 16.1 Å². The minimum Gasteiger partial charge on any atom is -0.375 e. The van der Waals surface area contributed by atoms with Crippen LogP contribution in [0.4, 0.5) is 0 Å². The maximum Gasteiger partial charge on any atom is 0.245 e. The predicted molar refractivity (Wildman–Crippen MR) is 123 cm³/mol. The first-order valence-electron chi connectivity index (χ1n) is 10.6. The number of ketones is 1. The van der Waals surface area contributed by atoms with Crippen LogP contribution >= 0.6 is 0 Å². The summed E-state index contributed by atoms with van der Waals surface area (Å²) in [7, 11) is -4.05. The number of hydrogen-bond acceptors (Lipinski definition) is 6. The van der Waals surface area contributed by atoms with Crippen molar-refractivity contribution in [3.63, 3.8) is 0 Å². The standard InChI is InChI=1S/C24H25N3O5S/c1-17(28)26-13-22(29)12-21-16-32-15-20-7-3-2-6-19(20)14-27(21)33(30,31)23-10-4-8-18-9-5-11-25-24(18)23/h2-11,21H,12-16H2,1H3,(H,26,28)/t21-/m1/s1. The molecule has 9 heteroatoms. The van der Waals surface area contributed by atoms with Crippen LogP contribution in [0.15, 0.2) is 65.7 Å². The summed E-state index contributed by atoms with van der Waals surface area (Å²) in [6, 6.07) is 15.4. The molecule has 172 valence electrons. The van der Waals surface area contributed by atoms with E-state index in [-0.39, 0.29) is 42.7 Å². The van der Waals surface area contributed by atoms with Crippen molar-refractivity contribution in [3.05, 3.63) is 71.9 Å². The van der Waals surface area contributed by atoms with Crippen molar-refractivity contribution >= 4 is 32.6 Å². The molecule has 8 nitrogen and oxygen atoms in total. The van der Waals surface area contributed by atoms with E-state index >= 15 is 0 Å². The first kappa shape index (κ1) is 23.0. The molecule has 2 heterocycles. The van der Waals surface area contributed by atoms with Crippen molar-refractivity contribution in [1.82, 2.24) is 14.6 Å². The topological polar surface area (TPSA) is 106 Å². The van der Waals surface area contributed by atoms with Crippen molar-refractivity contribution in [2.45, 2.75) is 37.4 Å². The van der Waals surface area contributed by atoms with E-state index in [1.54, 1.807) is 18.3 Å². The molecule has 1 aromatic heterocycles. The molecule has 0 bridgehead atoms. The van der Waals surface area contributed by atoms with Gasteiger partial charge in [-0.1, -0.05) is 42.5 Å². The van der Waals surface area contributed by atoms with Gasteiger partial charge in [0.25, 0.3) is 0 Å². The summed E-state index contributed by atoms with van der Waals surface area (Å²) in [5, 5.41) is 3.19. The van der Waals surface area contributed by atoms with Crippen molar-refractivity contribution < 1.29 is 22.7 Å². The van der Waals surface area contributed by atoms with Gasteiger partial charge >= 0.3 is 0 Å². The summed E-state index contributed by atoms with van der Waals surface area (Å²) >= 11 is 0. The molecule has 3 aromatic rings. The van der Waals surface area contributed by atoms with E-state index in [1.807, 2.05) is 36.4 Å². The molecule has 1 amide bonds. The fourth-order valence-corrected chi connectivity index (χ4v) is 5.70. The number of ether oxygens (including phenoxy) is 1. The predicted octanol–water partition coefficient (Wildman–Crippen LogP) is 2.42. The van der Waals surface area contributed by atoms with E-state index in [9.17, 15) is 18.0 Å². The molecule has 0 fully saturated rings. The highest BCUT2D eigenvalue weighted by Gasteiger charge is 2.36. The second-order valence-electron chi connectivity index (χ2n) is 7.97. The average molecular weight is 468 g/mol. The first-order chi connectivity index (χ1) is 15.9. The summed E-state index contributed by atoms with van der Waals surface area (Å²) in [5.74, 6) is -0.596. The number of amides is 1. The first-order valence-corrected chi connectivity index (χ1v) is 12.1. The molecule has 0 saturated carbocycles. The molecule has 0 radical (unpaired) electrons. The lowest BCUT2D eigenvalue weighted by atomic mass is 10.1. The Kier molecular flexibility index (Phi) is 6.83. The fraction of sp³-hybridized carbons (Fsp3) is 0.292. The molecule has 1 aliphatic heterocycles. The number of aromatic nitrogens is 1. The summed E-state index contributed by atoms with van der Waals surface area (Å²) in [5.41, 5.74) is 2.09. The second-order valence-corrected chi connectivity index (χ2v) is 9.83. The van der Waals surface area contributed by atoms with E-state index in [0.717, 1.165) is 11.1 Å². The Morgan fingerprint density at radius 3 is 2.64 bits per heavy atom. The third-order valence-electron chi connectivity index (χ3n) is 5.60. The van der Waals surface area contributed by atoms with Crippen LogP contribution in [-0.4, -0.2) is 48.6 Å². The zero-order chi connectivity index (χ0) is 23.4. The van der Waals surface area contributed by atoms with Crippen LogP contribution in [-0.2, 0) is 37.5 Å². The number of nitrogens with zero attached hydrogens (tertiary/aromatic N) is 2. The van der Waals surface area contributed by atoms with Crippen LogP contribution < -0.4 is 5.32 Å². The summed E-state index contributed by atoms with van der Waals surface area (Å²) < 4.78 is 35.1. The van der Waals surface area contributed by atoms with Crippen LogP contribution in [0.25, 0.3) is 10.9 Å². The quantitative estimate of drug-likeness (QED) is 0.597. The molecule has 0 unspecified atom stereocenters. The van der Waals surface area contributed by atoms with Crippen molar-refractivity contribution in [2.24, 2.45) is 0 Å². The van der Waals surface area contributed by atoms with Gasteiger partial charge in [-0.25, -0.2) is 8.42 Å². The van der Waals surface area contributed by atoms with Gasteiger partial charge in [-0.15, -0.1) is 0 Å². The SMILES string of the molecule is CC(=O)NCC(=O)C[C@@H]1COCc2ccccc2CN1S(=O)(=O)c1cccc2cccnc12. The highest BCUT2D eigenvalue weighted by Crippen LogP contribution is 2.30. The maximum atomic E-state index is 14.0. The van der Waals surface area contributed by atoms with Gasteiger partial charge in [0.15, 0.2) is 5.78 Å². The highest BCUT2D eigenvalue weighted by atomic mass is 32.2. The molecule has 1 atom stereocenters. The number of fused-ring (bicyclic) bond motifs is 2. The third kappa shape index (κ3) is 5.11. The smallest absolute Gasteiger partial charge is 0.245 e. The molecule has 1 aliphatic rings. The molecule has 2 aromatic carbocycles. The summed E-state index contributed by atoms with van der Waals surface area (Å²) in [6.07, 6.45) is 1.47.